The number of rotatable bonds is 1. The first-order valence-electron chi connectivity index (χ1n) is 3.33. The zero-order valence-electron chi connectivity index (χ0n) is 6.80. The second-order valence-electron chi connectivity index (χ2n) is 3.06. The Kier molecular flexibility index (Phi) is 2.07. The molecule has 0 aliphatic carbocycles. The van der Waals surface area contributed by atoms with Crippen molar-refractivity contribution in [2.45, 2.75) is 19.4 Å². The van der Waals surface area contributed by atoms with Crippen LogP contribution in [0.3, 0.4) is 0 Å². The lowest BCUT2D eigenvalue weighted by atomic mass is 10.1. The molecule has 0 atom stereocenters. The zero-order chi connectivity index (χ0) is 8.65. The summed E-state index contributed by atoms with van der Waals surface area (Å²) in [7, 11) is 1.85. The zero-order valence-corrected chi connectivity index (χ0v) is 8.38. The van der Waals surface area contributed by atoms with Crippen LogP contribution >= 0.6 is 15.9 Å². The maximum Gasteiger partial charge on any atom is 0.141 e. The summed E-state index contributed by atoms with van der Waals surface area (Å²) in [5.41, 5.74) is -0.874. The molecule has 0 aliphatic heterocycles. The van der Waals surface area contributed by atoms with Gasteiger partial charge in [0.05, 0.1) is 0 Å². The van der Waals surface area contributed by atoms with Crippen molar-refractivity contribution in [1.82, 2.24) is 9.55 Å². The summed E-state index contributed by atoms with van der Waals surface area (Å²) in [6.45, 7) is 3.42. The molecule has 11 heavy (non-hydrogen) atoms. The molecule has 1 aromatic heterocycles. The number of aliphatic hydroxyl groups is 1. The number of aromatic nitrogens is 2. The van der Waals surface area contributed by atoms with Crippen LogP contribution in [0.1, 0.15) is 19.7 Å². The number of hydrogen-bond acceptors (Lipinski definition) is 2. The smallest absolute Gasteiger partial charge is 0.141 e. The summed E-state index contributed by atoms with van der Waals surface area (Å²) in [5, 5.41) is 9.58. The van der Waals surface area contributed by atoms with Gasteiger partial charge < -0.3 is 9.67 Å². The summed E-state index contributed by atoms with van der Waals surface area (Å²) >= 11 is 3.23. The maximum atomic E-state index is 9.58. The van der Waals surface area contributed by atoms with Gasteiger partial charge in [-0.05, 0) is 29.8 Å². The van der Waals surface area contributed by atoms with Crippen molar-refractivity contribution in [3.8, 4) is 0 Å². The molecule has 0 spiro atoms. The van der Waals surface area contributed by atoms with Gasteiger partial charge in [0.1, 0.15) is 16.0 Å². The van der Waals surface area contributed by atoms with Crippen LogP contribution in [0.15, 0.2) is 10.8 Å². The number of imidazole rings is 1. The number of nitrogens with zero attached hydrogens (tertiary/aromatic N) is 2. The molecular weight excluding hydrogens is 208 g/mol. The molecule has 1 N–H and O–H groups in total. The van der Waals surface area contributed by atoms with Gasteiger partial charge in [-0.2, -0.15) is 0 Å². The highest BCUT2D eigenvalue weighted by Crippen LogP contribution is 2.19. The van der Waals surface area contributed by atoms with Crippen LogP contribution in [0.2, 0.25) is 0 Å². The molecule has 0 unspecified atom stereocenters. The molecule has 1 heterocycles. The Morgan fingerprint density at radius 1 is 1.64 bits per heavy atom. The van der Waals surface area contributed by atoms with Crippen LogP contribution < -0.4 is 0 Å². The lowest BCUT2D eigenvalue weighted by molar-refractivity contribution is 0.0658. The van der Waals surface area contributed by atoms with Crippen molar-refractivity contribution in [2.75, 3.05) is 0 Å². The fraction of sp³-hybridized carbons (Fsp3) is 0.571. The molecule has 0 bridgehead atoms. The van der Waals surface area contributed by atoms with Gasteiger partial charge in [-0.25, -0.2) is 4.98 Å². The van der Waals surface area contributed by atoms with Crippen molar-refractivity contribution in [2.24, 2.45) is 7.05 Å². The van der Waals surface area contributed by atoms with Gasteiger partial charge in [-0.3, -0.25) is 0 Å². The number of aryl methyl sites for hydroxylation is 1. The largest absolute Gasteiger partial charge is 0.383 e. The van der Waals surface area contributed by atoms with Gasteiger partial charge >= 0.3 is 0 Å². The summed E-state index contributed by atoms with van der Waals surface area (Å²) in [5.74, 6) is 0.657. The highest BCUT2D eigenvalue weighted by atomic mass is 79.9. The van der Waals surface area contributed by atoms with Crippen molar-refractivity contribution in [3.63, 3.8) is 0 Å². The van der Waals surface area contributed by atoms with E-state index in [0.29, 0.717) is 5.82 Å². The molecule has 3 nitrogen and oxygen atoms in total. The standard InChI is InChI=1S/C7H11BrN2O/c1-7(2,11)6-9-5(8)4-10(6)3/h4,11H,1-3H3. The van der Waals surface area contributed by atoms with Gasteiger partial charge in [0.2, 0.25) is 0 Å². The average Bonchev–Trinajstić information content (AvgIpc) is 2.08. The van der Waals surface area contributed by atoms with E-state index in [9.17, 15) is 5.11 Å². The van der Waals surface area contributed by atoms with Crippen LogP contribution in [-0.2, 0) is 12.6 Å². The SMILES string of the molecule is Cn1cc(Br)nc1C(C)(C)O. The topological polar surface area (TPSA) is 38.0 Å². The lowest BCUT2D eigenvalue weighted by Crippen LogP contribution is -2.20. The summed E-state index contributed by atoms with van der Waals surface area (Å²) < 4.78 is 2.54. The quantitative estimate of drug-likeness (QED) is 0.775. The second-order valence-corrected chi connectivity index (χ2v) is 3.87. The molecule has 0 saturated heterocycles. The van der Waals surface area contributed by atoms with E-state index in [2.05, 4.69) is 20.9 Å². The van der Waals surface area contributed by atoms with E-state index >= 15 is 0 Å². The van der Waals surface area contributed by atoms with Crippen LogP contribution in [0.4, 0.5) is 0 Å². The van der Waals surface area contributed by atoms with Crippen molar-refractivity contribution < 1.29 is 5.11 Å². The van der Waals surface area contributed by atoms with Gasteiger partial charge in [0, 0.05) is 13.2 Å². The minimum atomic E-state index is -0.874. The molecule has 0 aliphatic rings. The number of hydrogen-bond donors (Lipinski definition) is 1. The summed E-state index contributed by atoms with van der Waals surface area (Å²) in [6.07, 6.45) is 1.81. The molecule has 0 radical (unpaired) electrons. The molecule has 1 aromatic rings. The molecule has 4 heteroatoms. The van der Waals surface area contributed by atoms with Crippen LogP contribution in [0.25, 0.3) is 0 Å². The predicted molar refractivity (Wildman–Crippen MR) is 46.2 cm³/mol. The maximum absolute atomic E-state index is 9.58. The van der Waals surface area contributed by atoms with Crippen LogP contribution in [-0.4, -0.2) is 14.7 Å². The van der Waals surface area contributed by atoms with E-state index in [1.807, 2.05) is 13.2 Å². The van der Waals surface area contributed by atoms with E-state index in [-0.39, 0.29) is 0 Å². The normalized spacial score (nSPS) is 12.1. The first-order valence-corrected chi connectivity index (χ1v) is 4.12. The van der Waals surface area contributed by atoms with Crippen molar-refractivity contribution in [1.29, 1.82) is 0 Å². The third-order valence-electron chi connectivity index (χ3n) is 1.39. The summed E-state index contributed by atoms with van der Waals surface area (Å²) in [6, 6.07) is 0. The molecule has 0 saturated carbocycles. The van der Waals surface area contributed by atoms with Gasteiger partial charge in [0.25, 0.3) is 0 Å². The third-order valence-corrected chi connectivity index (χ3v) is 1.78. The van der Waals surface area contributed by atoms with E-state index < -0.39 is 5.60 Å². The molecule has 0 amide bonds. The Labute approximate surface area is 74.2 Å². The highest BCUT2D eigenvalue weighted by Gasteiger charge is 2.21. The summed E-state index contributed by atoms with van der Waals surface area (Å²) in [4.78, 5) is 4.11. The predicted octanol–water partition coefficient (Wildman–Crippen LogP) is 1.41. The van der Waals surface area contributed by atoms with Crippen LogP contribution in [0, 0.1) is 0 Å². The molecule has 0 fully saturated rings. The van der Waals surface area contributed by atoms with Crippen LogP contribution in [0.5, 0.6) is 0 Å². The first kappa shape index (κ1) is 8.74. The van der Waals surface area contributed by atoms with E-state index in [4.69, 9.17) is 0 Å². The fourth-order valence-corrected chi connectivity index (χ4v) is 1.47. The monoisotopic (exact) mass is 218 g/mol. The molecule has 62 valence electrons. The number of halogens is 1. The lowest BCUT2D eigenvalue weighted by Gasteiger charge is -2.15. The van der Waals surface area contributed by atoms with E-state index in [1.165, 1.54) is 0 Å². The molecular formula is C7H11BrN2O. The van der Waals surface area contributed by atoms with Gasteiger partial charge in [0.15, 0.2) is 0 Å². The van der Waals surface area contributed by atoms with Crippen molar-refractivity contribution >= 4 is 15.9 Å². The van der Waals surface area contributed by atoms with Gasteiger partial charge in [-0.15, -0.1) is 0 Å². The molecule has 0 aromatic carbocycles. The first-order chi connectivity index (χ1) is 4.91. The van der Waals surface area contributed by atoms with E-state index in [0.717, 1.165) is 4.60 Å². The average molecular weight is 219 g/mol. The van der Waals surface area contributed by atoms with Gasteiger partial charge in [-0.1, -0.05) is 0 Å². The minimum absolute atomic E-state index is 0.657. The minimum Gasteiger partial charge on any atom is -0.383 e. The Morgan fingerprint density at radius 3 is 2.36 bits per heavy atom. The second kappa shape index (κ2) is 2.60. The molecule has 1 rings (SSSR count). The fourth-order valence-electron chi connectivity index (χ4n) is 0.998. The Balaban J connectivity index is 3.13. The highest BCUT2D eigenvalue weighted by molar-refractivity contribution is 9.10. The van der Waals surface area contributed by atoms with E-state index in [1.54, 1.807) is 18.4 Å². The Hall–Kier alpha value is -0.350. The Bertz CT molecular complexity index is 262. The third kappa shape index (κ3) is 1.81. The Morgan fingerprint density at radius 2 is 2.18 bits per heavy atom. The van der Waals surface area contributed by atoms with Crippen molar-refractivity contribution in [3.05, 3.63) is 16.6 Å².